The zero-order valence-corrected chi connectivity index (χ0v) is 33.9. The molecule has 0 saturated heterocycles. The highest BCUT2D eigenvalue weighted by molar-refractivity contribution is 7.80. The fourth-order valence-electron chi connectivity index (χ4n) is 6.02. The van der Waals surface area contributed by atoms with Gasteiger partial charge in [-0.05, 0) is 42.4 Å². The Hall–Kier alpha value is -5.99. The van der Waals surface area contributed by atoms with Gasteiger partial charge >= 0.3 is 0 Å². The number of nitrogens with one attached hydrogen (secondary N) is 7. The largest absolute Gasteiger partial charge is 0.370 e. The smallest absolute Gasteiger partial charge is 0.243 e. The van der Waals surface area contributed by atoms with Crippen molar-refractivity contribution in [1.29, 1.82) is 0 Å². The molecule has 0 saturated carbocycles. The molecular formula is C39H56N12O7S. The van der Waals surface area contributed by atoms with Gasteiger partial charge in [-0.15, -0.1) is 0 Å². The van der Waals surface area contributed by atoms with E-state index in [4.69, 9.17) is 24.3 Å². The molecule has 0 aliphatic heterocycles. The lowest BCUT2D eigenvalue weighted by Crippen LogP contribution is -2.61. The van der Waals surface area contributed by atoms with Crippen LogP contribution in [0, 0.1) is 5.92 Å². The molecule has 6 amide bonds. The summed E-state index contributed by atoms with van der Waals surface area (Å²) in [5.41, 5.74) is 29.3. The summed E-state index contributed by atoms with van der Waals surface area (Å²) in [6.45, 7) is 3.53. The van der Waals surface area contributed by atoms with Gasteiger partial charge in [0.1, 0.15) is 37.8 Å². The SMILES string of the molecule is [2H]C(=O)[C@H](CCC(N)=O)NN[C@H](C(=O)NC(Cc1ccccc1)C(=O)N[C@@H](CCCN=C(N)N)C(=O)NC(Cc1c[nH]c2ccccc12)C(=O)N[C@@H](CS)C(N)=O)C(C)C. The molecule has 3 aromatic rings. The van der Waals surface area contributed by atoms with Gasteiger partial charge in [0.15, 0.2) is 5.96 Å². The Kier molecular flexibility index (Phi) is 18.6. The van der Waals surface area contributed by atoms with Gasteiger partial charge in [0, 0.05) is 48.7 Å². The summed E-state index contributed by atoms with van der Waals surface area (Å²) in [6, 6.07) is 9.02. The summed E-state index contributed by atoms with van der Waals surface area (Å²) >= 11 is 4.13. The lowest BCUT2D eigenvalue weighted by molar-refractivity contribution is -0.134. The molecule has 0 bridgehead atoms. The normalized spacial score (nSPS) is 14.4. The summed E-state index contributed by atoms with van der Waals surface area (Å²) in [4.78, 5) is 98.5. The average Bonchev–Trinajstić information content (AvgIpc) is 3.60. The highest BCUT2D eigenvalue weighted by Gasteiger charge is 2.33. The first kappa shape index (κ1) is 45.7. The van der Waals surface area contributed by atoms with Gasteiger partial charge in [0.2, 0.25) is 35.4 Å². The van der Waals surface area contributed by atoms with Crippen LogP contribution in [0.5, 0.6) is 0 Å². The highest BCUT2D eigenvalue weighted by Crippen LogP contribution is 2.19. The molecule has 59 heavy (non-hydrogen) atoms. The first-order valence-corrected chi connectivity index (χ1v) is 19.7. The van der Waals surface area contributed by atoms with Crippen LogP contribution in [0.15, 0.2) is 65.8 Å². The first-order valence-electron chi connectivity index (χ1n) is 19.6. The third kappa shape index (κ3) is 15.7. The van der Waals surface area contributed by atoms with E-state index in [-0.39, 0.29) is 56.8 Å². The lowest BCUT2D eigenvalue weighted by atomic mass is 10.0. The number of amides is 6. The topological polar surface area (TPSA) is 324 Å². The molecular weight excluding hydrogens is 781 g/mol. The number of fused-ring (bicyclic) bond motifs is 1. The number of aliphatic imine (C=N–C) groups is 1. The molecule has 6 atom stereocenters. The van der Waals surface area contributed by atoms with Crippen molar-refractivity contribution < 1.29 is 34.9 Å². The molecule has 0 aliphatic carbocycles. The van der Waals surface area contributed by atoms with E-state index in [0.29, 0.717) is 11.1 Å². The van der Waals surface area contributed by atoms with Crippen LogP contribution in [0.2, 0.25) is 0 Å². The number of carbonyl (C=O) groups excluding carboxylic acids is 7. The molecule has 19 nitrogen and oxygen atoms in total. The maximum absolute atomic E-state index is 14.3. The van der Waals surface area contributed by atoms with Crippen molar-refractivity contribution in [3.8, 4) is 0 Å². The van der Waals surface area contributed by atoms with Gasteiger partial charge < -0.3 is 54.0 Å². The number of H-pyrrole nitrogens is 1. The van der Waals surface area contributed by atoms with E-state index >= 15 is 0 Å². The number of nitrogens with two attached hydrogens (primary N) is 4. The molecule has 15 N–H and O–H groups in total. The van der Waals surface area contributed by atoms with Gasteiger partial charge in [-0.1, -0.05) is 62.4 Å². The maximum Gasteiger partial charge on any atom is 0.243 e. The zero-order chi connectivity index (χ0) is 44.4. The second-order valence-electron chi connectivity index (χ2n) is 14.2. The van der Waals surface area contributed by atoms with Gasteiger partial charge in [-0.3, -0.25) is 33.8 Å². The van der Waals surface area contributed by atoms with Crippen molar-refractivity contribution in [2.24, 2.45) is 33.8 Å². The number of benzene rings is 2. The van der Waals surface area contributed by atoms with E-state index in [1.807, 2.05) is 24.3 Å². The first-order chi connectivity index (χ1) is 28.5. The van der Waals surface area contributed by atoms with E-state index in [1.165, 1.54) is 0 Å². The third-order valence-corrected chi connectivity index (χ3v) is 9.62. The number of guanidine groups is 1. The minimum atomic E-state index is -1.29. The highest BCUT2D eigenvalue weighted by atomic mass is 32.1. The number of carbonyl (C=O) groups is 7. The van der Waals surface area contributed by atoms with Crippen molar-refractivity contribution in [3.05, 3.63) is 71.9 Å². The number of hydrogen-bond donors (Lipinski definition) is 12. The molecule has 2 aromatic carbocycles. The van der Waals surface area contributed by atoms with Crippen LogP contribution in [-0.4, -0.2) is 101 Å². The number of nitrogens with zero attached hydrogens (tertiary/aromatic N) is 1. The third-order valence-electron chi connectivity index (χ3n) is 9.25. The lowest BCUT2D eigenvalue weighted by Gasteiger charge is -2.28. The van der Waals surface area contributed by atoms with E-state index in [9.17, 15) is 33.6 Å². The number of rotatable bonds is 26. The summed E-state index contributed by atoms with van der Waals surface area (Å²) in [5, 5.41) is 11.6. The molecule has 320 valence electrons. The standard InChI is InChI=1S/C39H56N12O7S/c1-22(2)33(51-50-25(20-52)14-15-32(40)53)38(58)48-29(17-23-9-4-3-5-10-23)36(56)46-28(13-8-16-44-39(42)43)35(55)47-30(37(57)49-31(21-59)34(41)54)18-24-19-45-27-12-7-6-11-26(24)27/h3-7,9-12,19-20,22,25,28-31,33,45,50-51,59H,8,13-18,21H2,1-2H3,(H2,40,53)(H2,41,54)(H,46,56)(H,47,55)(H,48,58)(H,49,57)(H4,42,43,44)/t25-,28-,29?,30?,31-,33-/m0/s1/i20D. The van der Waals surface area contributed by atoms with Crippen LogP contribution in [0.1, 0.15) is 52.0 Å². The number of hydrazine groups is 1. The molecule has 1 heterocycles. The van der Waals surface area contributed by atoms with E-state index in [0.717, 1.165) is 10.9 Å². The van der Waals surface area contributed by atoms with Crippen LogP contribution in [0.3, 0.4) is 0 Å². The summed E-state index contributed by atoms with van der Waals surface area (Å²) < 4.78 is 7.57. The Morgan fingerprint density at radius 3 is 1.98 bits per heavy atom. The molecule has 1 aromatic heterocycles. The number of aldehydes is 1. The fourth-order valence-corrected chi connectivity index (χ4v) is 6.29. The fraction of sp³-hybridized carbons (Fsp3) is 0.436. The van der Waals surface area contributed by atoms with Crippen molar-refractivity contribution in [1.82, 2.24) is 37.1 Å². The number of hydrogen-bond acceptors (Lipinski definition) is 11. The summed E-state index contributed by atoms with van der Waals surface area (Å²) in [6.07, 6.45) is 0.583. The van der Waals surface area contributed by atoms with Crippen molar-refractivity contribution in [3.63, 3.8) is 0 Å². The van der Waals surface area contributed by atoms with Crippen LogP contribution < -0.4 is 55.1 Å². The Morgan fingerprint density at radius 2 is 1.37 bits per heavy atom. The quantitative estimate of drug-likeness (QED) is 0.0108. The number of aromatic nitrogens is 1. The molecule has 3 rings (SSSR count). The number of primary amides is 2. The van der Waals surface area contributed by atoms with Crippen molar-refractivity contribution in [2.45, 2.75) is 88.6 Å². The summed E-state index contributed by atoms with van der Waals surface area (Å²) in [5.74, 6) is -5.07. The Labute approximate surface area is 349 Å². The molecule has 0 radical (unpaired) electrons. The van der Waals surface area contributed by atoms with Gasteiger partial charge in [0.25, 0.3) is 0 Å². The number of aromatic amines is 1. The van der Waals surface area contributed by atoms with Crippen LogP contribution in [0.4, 0.5) is 0 Å². The van der Waals surface area contributed by atoms with E-state index in [2.05, 4.69) is 54.7 Å². The monoisotopic (exact) mass is 837 g/mol. The van der Waals surface area contributed by atoms with Gasteiger partial charge in [0.05, 0.1) is 6.04 Å². The summed E-state index contributed by atoms with van der Waals surface area (Å²) in [7, 11) is 0. The predicted octanol–water partition coefficient (Wildman–Crippen LogP) is -1.69. The van der Waals surface area contributed by atoms with Crippen LogP contribution >= 0.6 is 12.6 Å². The van der Waals surface area contributed by atoms with Crippen LogP contribution in [-0.2, 0) is 46.4 Å². The molecule has 0 spiro atoms. The predicted molar refractivity (Wildman–Crippen MR) is 226 cm³/mol. The second kappa shape index (κ2) is 24.1. The number of thiol groups is 1. The number of para-hydroxylation sites is 1. The van der Waals surface area contributed by atoms with Gasteiger partial charge in [-0.2, -0.15) is 12.6 Å². The van der Waals surface area contributed by atoms with Crippen molar-refractivity contribution in [2.75, 3.05) is 12.3 Å². The average molecular weight is 838 g/mol. The Bertz CT molecular complexity index is 1980. The van der Waals surface area contributed by atoms with Gasteiger partial charge in [-0.25, -0.2) is 10.9 Å². The Balaban J connectivity index is 1.93. The Morgan fingerprint density at radius 1 is 0.780 bits per heavy atom. The molecule has 2 unspecified atom stereocenters. The van der Waals surface area contributed by atoms with Crippen LogP contribution in [0.25, 0.3) is 10.9 Å². The zero-order valence-electron chi connectivity index (χ0n) is 34.0. The minimum absolute atomic E-state index is 0.00370. The molecule has 0 aliphatic rings. The molecule has 0 fully saturated rings. The maximum atomic E-state index is 14.3. The van der Waals surface area contributed by atoms with Crippen molar-refractivity contribution >= 4 is 71.2 Å². The second-order valence-corrected chi connectivity index (χ2v) is 14.6. The van der Waals surface area contributed by atoms with E-state index in [1.54, 1.807) is 50.4 Å². The van der Waals surface area contributed by atoms with E-state index < -0.39 is 83.9 Å². The molecule has 20 heteroatoms. The minimum Gasteiger partial charge on any atom is -0.370 e.